The molecule has 0 aromatic carbocycles. The molecule has 1 rings (SSSR count). The molecular weight excluding hydrogens is 252 g/mol. The second-order valence-electron chi connectivity index (χ2n) is 2.35. The zero-order valence-electron chi connectivity index (χ0n) is 7.99. The van der Waals surface area contributed by atoms with E-state index in [-0.39, 0.29) is 6.01 Å². The minimum atomic E-state index is 0.280. The van der Waals surface area contributed by atoms with Gasteiger partial charge in [-0.25, -0.2) is 4.98 Å². The Morgan fingerprint density at radius 3 is 2.79 bits per heavy atom. The van der Waals surface area contributed by atoms with Crippen molar-refractivity contribution < 1.29 is 14.2 Å². The highest BCUT2D eigenvalue weighted by atomic mass is 79.9. The quantitative estimate of drug-likeness (QED) is 0.749. The van der Waals surface area contributed by atoms with E-state index in [1.54, 1.807) is 13.3 Å². The number of hydrogen-bond donors (Lipinski definition) is 0. The van der Waals surface area contributed by atoms with Crippen LogP contribution in [-0.2, 0) is 4.74 Å². The van der Waals surface area contributed by atoms with Gasteiger partial charge >= 0.3 is 6.01 Å². The average Bonchev–Trinajstić information content (AvgIpc) is 2.21. The van der Waals surface area contributed by atoms with E-state index in [0.29, 0.717) is 23.6 Å². The Hall–Kier alpha value is -0.880. The van der Waals surface area contributed by atoms with Gasteiger partial charge in [-0.2, -0.15) is 4.98 Å². The molecule has 1 aromatic rings. The minimum absolute atomic E-state index is 0.280. The second-order valence-corrected chi connectivity index (χ2v) is 3.21. The minimum Gasteiger partial charge on any atom is -0.480 e. The van der Waals surface area contributed by atoms with Crippen LogP contribution in [0, 0.1) is 0 Å². The second kappa shape index (κ2) is 5.77. The molecule has 0 N–H and O–H groups in total. The number of ether oxygens (including phenoxy) is 3. The Balaban J connectivity index is 2.60. The lowest BCUT2D eigenvalue weighted by molar-refractivity contribution is 0.140. The van der Waals surface area contributed by atoms with Gasteiger partial charge in [0.15, 0.2) is 0 Å². The van der Waals surface area contributed by atoms with Crippen molar-refractivity contribution in [3.05, 3.63) is 10.7 Å². The highest BCUT2D eigenvalue weighted by Crippen LogP contribution is 2.22. The largest absolute Gasteiger partial charge is 0.480 e. The Labute approximate surface area is 90.5 Å². The van der Waals surface area contributed by atoms with Crippen molar-refractivity contribution in [2.45, 2.75) is 0 Å². The van der Waals surface area contributed by atoms with E-state index in [0.717, 1.165) is 0 Å². The molecule has 0 aliphatic heterocycles. The molecular formula is C8H11BrN2O3. The summed E-state index contributed by atoms with van der Waals surface area (Å²) in [5.41, 5.74) is 0. The molecule has 0 atom stereocenters. The molecule has 0 unspecified atom stereocenters. The first-order valence-corrected chi connectivity index (χ1v) is 4.75. The molecule has 6 heteroatoms. The molecule has 0 bridgehead atoms. The van der Waals surface area contributed by atoms with Gasteiger partial charge in [0.05, 0.1) is 24.4 Å². The van der Waals surface area contributed by atoms with Gasteiger partial charge in [-0.1, -0.05) is 0 Å². The summed E-state index contributed by atoms with van der Waals surface area (Å²) in [6.07, 6.45) is 1.58. The predicted molar refractivity (Wildman–Crippen MR) is 53.7 cm³/mol. The van der Waals surface area contributed by atoms with E-state index in [1.165, 1.54) is 7.11 Å². The lowest BCUT2D eigenvalue weighted by Crippen LogP contribution is -2.07. The van der Waals surface area contributed by atoms with Gasteiger partial charge in [0.25, 0.3) is 0 Å². The molecule has 0 fully saturated rings. The molecule has 1 aromatic heterocycles. The summed E-state index contributed by atoms with van der Waals surface area (Å²) >= 11 is 3.24. The summed E-state index contributed by atoms with van der Waals surface area (Å²) in [6.45, 7) is 0.920. The lowest BCUT2D eigenvalue weighted by atomic mass is 10.6. The van der Waals surface area contributed by atoms with Crippen LogP contribution in [0.3, 0.4) is 0 Å². The first kappa shape index (κ1) is 11.2. The number of halogens is 1. The van der Waals surface area contributed by atoms with Crippen LogP contribution >= 0.6 is 15.9 Å². The SMILES string of the molecule is COCCOc1ncc(Br)c(OC)n1. The van der Waals surface area contributed by atoms with Crippen LogP contribution in [0.15, 0.2) is 10.7 Å². The molecule has 0 radical (unpaired) electrons. The third-order valence-corrected chi connectivity index (χ3v) is 1.95. The van der Waals surface area contributed by atoms with E-state index in [4.69, 9.17) is 14.2 Å². The summed E-state index contributed by atoms with van der Waals surface area (Å²) < 4.78 is 15.7. The Bertz CT molecular complexity index is 296. The monoisotopic (exact) mass is 262 g/mol. The summed E-state index contributed by atoms with van der Waals surface area (Å²) in [5.74, 6) is 0.451. The van der Waals surface area contributed by atoms with Crippen LogP contribution in [0.1, 0.15) is 0 Å². The normalized spacial score (nSPS) is 9.93. The third kappa shape index (κ3) is 3.12. The molecule has 1 heterocycles. The Morgan fingerprint density at radius 1 is 1.36 bits per heavy atom. The Kier molecular flexibility index (Phi) is 4.61. The van der Waals surface area contributed by atoms with E-state index in [2.05, 4.69) is 25.9 Å². The fourth-order valence-electron chi connectivity index (χ4n) is 0.765. The molecule has 5 nitrogen and oxygen atoms in total. The molecule has 78 valence electrons. The summed E-state index contributed by atoms with van der Waals surface area (Å²) in [4.78, 5) is 7.95. The number of rotatable bonds is 5. The topological polar surface area (TPSA) is 53.5 Å². The molecule has 14 heavy (non-hydrogen) atoms. The molecule has 0 aliphatic rings. The van der Waals surface area contributed by atoms with Crippen molar-refractivity contribution in [2.75, 3.05) is 27.4 Å². The van der Waals surface area contributed by atoms with Crippen LogP contribution in [0.5, 0.6) is 11.9 Å². The van der Waals surface area contributed by atoms with Gasteiger partial charge in [0.2, 0.25) is 5.88 Å². The van der Waals surface area contributed by atoms with Gasteiger partial charge in [0.1, 0.15) is 6.61 Å². The third-order valence-electron chi connectivity index (χ3n) is 1.40. The van der Waals surface area contributed by atoms with Crippen LogP contribution in [0.25, 0.3) is 0 Å². The maximum absolute atomic E-state index is 5.20. The van der Waals surface area contributed by atoms with Gasteiger partial charge < -0.3 is 14.2 Å². The van der Waals surface area contributed by atoms with Gasteiger partial charge in [-0.3, -0.25) is 0 Å². The van der Waals surface area contributed by atoms with Crippen LogP contribution in [-0.4, -0.2) is 37.4 Å². The van der Waals surface area contributed by atoms with Gasteiger partial charge in [-0.05, 0) is 15.9 Å². The van der Waals surface area contributed by atoms with Gasteiger partial charge in [0, 0.05) is 7.11 Å². The smallest absolute Gasteiger partial charge is 0.319 e. The number of aromatic nitrogens is 2. The average molecular weight is 263 g/mol. The Morgan fingerprint density at radius 2 is 2.14 bits per heavy atom. The fraction of sp³-hybridized carbons (Fsp3) is 0.500. The molecule has 0 amide bonds. The standard InChI is InChI=1S/C8H11BrN2O3/c1-12-3-4-14-8-10-5-6(9)7(11-8)13-2/h5H,3-4H2,1-2H3. The zero-order valence-corrected chi connectivity index (χ0v) is 9.57. The van der Waals surface area contributed by atoms with Gasteiger partial charge in [-0.15, -0.1) is 0 Å². The van der Waals surface area contributed by atoms with Crippen LogP contribution in [0.2, 0.25) is 0 Å². The van der Waals surface area contributed by atoms with Crippen molar-refractivity contribution in [2.24, 2.45) is 0 Å². The molecule has 0 spiro atoms. The molecule has 0 saturated carbocycles. The maximum Gasteiger partial charge on any atom is 0.319 e. The fourth-order valence-corrected chi connectivity index (χ4v) is 1.12. The first-order chi connectivity index (χ1) is 6.77. The molecule has 0 saturated heterocycles. The van der Waals surface area contributed by atoms with E-state index >= 15 is 0 Å². The van der Waals surface area contributed by atoms with E-state index in [1.807, 2.05) is 0 Å². The van der Waals surface area contributed by atoms with Crippen molar-refractivity contribution in [1.82, 2.24) is 9.97 Å². The maximum atomic E-state index is 5.20. The predicted octanol–water partition coefficient (Wildman–Crippen LogP) is 1.27. The zero-order chi connectivity index (χ0) is 10.4. The van der Waals surface area contributed by atoms with E-state index < -0.39 is 0 Å². The number of hydrogen-bond acceptors (Lipinski definition) is 5. The highest BCUT2D eigenvalue weighted by molar-refractivity contribution is 9.10. The van der Waals surface area contributed by atoms with Crippen molar-refractivity contribution in [3.63, 3.8) is 0 Å². The summed E-state index contributed by atoms with van der Waals surface area (Å²) in [6, 6.07) is 0.280. The lowest BCUT2D eigenvalue weighted by Gasteiger charge is -2.05. The van der Waals surface area contributed by atoms with Crippen LogP contribution < -0.4 is 9.47 Å². The van der Waals surface area contributed by atoms with Crippen molar-refractivity contribution in [1.29, 1.82) is 0 Å². The van der Waals surface area contributed by atoms with Crippen molar-refractivity contribution >= 4 is 15.9 Å². The van der Waals surface area contributed by atoms with E-state index in [9.17, 15) is 0 Å². The summed E-state index contributed by atoms with van der Waals surface area (Å²) in [7, 11) is 3.14. The van der Waals surface area contributed by atoms with Crippen LogP contribution in [0.4, 0.5) is 0 Å². The number of nitrogens with zero attached hydrogens (tertiary/aromatic N) is 2. The number of methoxy groups -OCH3 is 2. The highest BCUT2D eigenvalue weighted by Gasteiger charge is 2.05. The summed E-state index contributed by atoms with van der Waals surface area (Å²) in [5, 5.41) is 0. The first-order valence-electron chi connectivity index (χ1n) is 3.96. The molecule has 0 aliphatic carbocycles. The van der Waals surface area contributed by atoms with Crippen molar-refractivity contribution in [3.8, 4) is 11.9 Å².